The van der Waals surface area contributed by atoms with E-state index in [0.717, 1.165) is 63.0 Å². The molecular weight excluding hydrogens is 489 g/mol. The van der Waals surface area contributed by atoms with Crippen LogP contribution >= 0.6 is 0 Å². The standard InChI is InChI=1S/C26H35F3N4O4/c1-17-30-14-21(37-17)13-24(34)31-20-6-3-19(4-7-20)23(35-2)15-33-11-9-18-5-8-25(32-22(18)10-12-33)36-16-26(27,28)29/h5,8,14,19-20,23H,3-4,6-7,9-13,15-16H2,1-2H3,(H,31,34). The van der Waals surface area contributed by atoms with Crippen molar-refractivity contribution in [3.63, 3.8) is 0 Å². The molecule has 1 aliphatic heterocycles. The number of rotatable bonds is 9. The van der Waals surface area contributed by atoms with Crippen LogP contribution in [0, 0.1) is 12.8 Å². The summed E-state index contributed by atoms with van der Waals surface area (Å²) in [6, 6.07) is 3.49. The van der Waals surface area contributed by atoms with Crippen LogP contribution in [-0.4, -0.2) is 72.4 Å². The molecule has 4 rings (SSSR count). The number of carbonyl (C=O) groups excluding carboxylic acids is 1. The molecule has 204 valence electrons. The number of methoxy groups -OCH3 is 1. The Morgan fingerprint density at radius 2 is 1.97 bits per heavy atom. The molecule has 0 spiro atoms. The summed E-state index contributed by atoms with van der Waals surface area (Å²) in [5.41, 5.74) is 1.85. The largest absolute Gasteiger partial charge is 0.468 e. The highest BCUT2D eigenvalue weighted by Crippen LogP contribution is 2.29. The Bertz CT molecular complexity index is 1040. The van der Waals surface area contributed by atoms with Gasteiger partial charge in [0.2, 0.25) is 11.8 Å². The van der Waals surface area contributed by atoms with E-state index >= 15 is 0 Å². The molecule has 2 aliphatic rings. The Morgan fingerprint density at radius 3 is 2.65 bits per heavy atom. The first-order valence-corrected chi connectivity index (χ1v) is 12.8. The van der Waals surface area contributed by atoms with Crippen molar-refractivity contribution in [3.05, 3.63) is 41.2 Å². The van der Waals surface area contributed by atoms with E-state index in [2.05, 4.69) is 20.2 Å². The van der Waals surface area contributed by atoms with E-state index in [1.54, 1.807) is 20.2 Å². The van der Waals surface area contributed by atoms with Crippen LogP contribution < -0.4 is 10.1 Å². The van der Waals surface area contributed by atoms with Gasteiger partial charge in [0, 0.05) is 57.9 Å². The van der Waals surface area contributed by atoms with Crippen molar-refractivity contribution in [1.82, 2.24) is 20.2 Å². The van der Waals surface area contributed by atoms with Crippen molar-refractivity contribution in [2.45, 2.75) is 70.2 Å². The Labute approximate surface area is 214 Å². The molecule has 1 atom stereocenters. The average Bonchev–Trinajstić information content (AvgIpc) is 3.15. The number of amides is 1. The van der Waals surface area contributed by atoms with Gasteiger partial charge in [-0.2, -0.15) is 13.2 Å². The van der Waals surface area contributed by atoms with Gasteiger partial charge in [-0.15, -0.1) is 0 Å². The van der Waals surface area contributed by atoms with Gasteiger partial charge in [0.05, 0.1) is 18.7 Å². The monoisotopic (exact) mass is 524 g/mol. The number of nitrogens with one attached hydrogen (secondary N) is 1. The zero-order chi connectivity index (χ0) is 26.4. The molecule has 2 aromatic rings. The summed E-state index contributed by atoms with van der Waals surface area (Å²) in [5.74, 6) is 1.49. The lowest BCUT2D eigenvalue weighted by Gasteiger charge is -2.35. The molecule has 1 fully saturated rings. The third kappa shape index (κ3) is 8.16. The molecule has 8 nitrogen and oxygen atoms in total. The maximum Gasteiger partial charge on any atom is 0.422 e. The first kappa shape index (κ1) is 27.4. The number of carbonyl (C=O) groups is 1. The summed E-state index contributed by atoms with van der Waals surface area (Å²) >= 11 is 0. The third-order valence-electron chi connectivity index (χ3n) is 7.20. The van der Waals surface area contributed by atoms with Crippen molar-refractivity contribution in [1.29, 1.82) is 0 Å². The second-order valence-electron chi connectivity index (χ2n) is 9.94. The maximum absolute atomic E-state index is 12.5. The highest BCUT2D eigenvalue weighted by Gasteiger charge is 2.31. The van der Waals surface area contributed by atoms with Crippen molar-refractivity contribution in [2.24, 2.45) is 5.92 Å². The first-order chi connectivity index (χ1) is 17.7. The number of oxazole rings is 1. The van der Waals surface area contributed by atoms with E-state index in [-0.39, 0.29) is 30.4 Å². The fourth-order valence-corrected chi connectivity index (χ4v) is 5.26. The minimum atomic E-state index is -4.39. The highest BCUT2D eigenvalue weighted by atomic mass is 19.4. The zero-order valence-corrected chi connectivity index (χ0v) is 21.4. The molecule has 3 heterocycles. The topological polar surface area (TPSA) is 89.7 Å². The van der Waals surface area contributed by atoms with Gasteiger partial charge in [0.1, 0.15) is 5.76 Å². The molecule has 1 amide bonds. The molecule has 11 heteroatoms. The van der Waals surface area contributed by atoms with Gasteiger partial charge >= 0.3 is 6.18 Å². The Morgan fingerprint density at radius 1 is 1.22 bits per heavy atom. The minimum Gasteiger partial charge on any atom is -0.468 e. The summed E-state index contributed by atoms with van der Waals surface area (Å²) in [6.07, 6.45) is 2.66. The summed E-state index contributed by atoms with van der Waals surface area (Å²) in [7, 11) is 1.75. The Hall–Kier alpha value is -2.66. The van der Waals surface area contributed by atoms with E-state index in [1.165, 1.54) is 6.07 Å². The third-order valence-corrected chi connectivity index (χ3v) is 7.20. The van der Waals surface area contributed by atoms with Crippen molar-refractivity contribution >= 4 is 5.91 Å². The lowest BCUT2D eigenvalue weighted by atomic mass is 9.82. The SMILES string of the molecule is COC(CN1CCc2ccc(OCC(F)(F)F)nc2CC1)C1CCC(NC(=O)Cc2cnc(C)o2)CC1. The number of aryl methyl sites for hydroxylation is 1. The van der Waals surface area contributed by atoms with Crippen LogP contribution in [0.2, 0.25) is 0 Å². The fraction of sp³-hybridized carbons (Fsp3) is 0.654. The number of aromatic nitrogens is 2. The van der Waals surface area contributed by atoms with E-state index in [4.69, 9.17) is 13.9 Å². The van der Waals surface area contributed by atoms with E-state index < -0.39 is 12.8 Å². The molecule has 2 aromatic heterocycles. The van der Waals surface area contributed by atoms with Crippen LogP contribution in [0.3, 0.4) is 0 Å². The lowest BCUT2D eigenvalue weighted by Crippen LogP contribution is -2.43. The number of fused-ring (bicyclic) bond motifs is 1. The number of pyridine rings is 1. The Kier molecular flexibility index (Phi) is 9.07. The number of nitrogens with zero attached hydrogens (tertiary/aromatic N) is 3. The van der Waals surface area contributed by atoms with Gasteiger partial charge in [-0.3, -0.25) is 4.79 Å². The van der Waals surface area contributed by atoms with Crippen LogP contribution in [-0.2, 0) is 28.8 Å². The molecule has 0 aromatic carbocycles. The number of hydrogen-bond acceptors (Lipinski definition) is 7. The summed E-state index contributed by atoms with van der Waals surface area (Å²) < 4.78 is 53.5. The maximum atomic E-state index is 12.5. The van der Waals surface area contributed by atoms with Crippen molar-refractivity contribution in [3.8, 4) is 5.88 Å². The average molecular weight is 525 g/mol. The normalized spacial score (nSPS) is 21.6. The lowest BCUT2D eigenvalue weighted by molar-refractivity contribution is -0.154. The molecule has 1 N–H and O–H groups in total. The van der Waals surface area contributed by atoms with Crippen LogP contribution in [0.15, 0.2) is 22.7 Å². The van der Waals surface area contributed by atoms with E-state index in [9.17, 15) is 18.0 Å². The summed E-state index contributed by atoms with van der Waals surface area (Å²) in [5, 5.41) is 3.12. The molecule has 1 aliphatic carbocycles. The van der Waals surface area contributed by atoms with Gasteiger partial charge in [0.25, 0.3) is 0 Å². The van der Waals surface area contributed by atoms with Gasteiger partial charge in [-0.25, -0.2) is 9.97 Å². The van der Waals surface area contributed by atoms with E-state index in [0.29, 0.717) is 24.0 Å². The van der Waals surface area contributed by atoms with Crippen molar-refractivity contribution < 1.29 is 31.9 Å². The zero-order valence-electron chi connectivity index (χ0n) is 21.4. The van der Waals surface area contributed by atoms with Gasteiger partial charge in [-0.1, -0.05) is 6.07 Å². The van der Waals surface area contributed by atoms with Gasteiger partial charge in [-0.05, 0) is 43.6 Å². The molecule has 0 saturated heterocycles. The van der Waals surface area contributed by atoms with Crippen LogP contribution in [0.4, 0.5) is 13.2 Å². The predicted octanol–water partition coefficient (Wildman–Crippen LogP) is 3.65. The molecule has 1 saturated carbocycles. The molecule has 0 radical (unpaired) electrons. The molecule has 1 unspecified atom stereocenters. The fourth-order valence-electron chi connectivity index (χ4n) is 5.26. The van der Waals surface area contributed by atoms with Crippen molar-refractivity contribution in [2.75, 3.05) is 33.4 Å². The molecule has 0 bridgehead atoms. The molecular formula is C26H35F3N4O4. The number of alkyl halides is 3. The number of hydrogen-bond donors (Lipinski definition) is 1. The van der Waals surface area contributed by atoms with Gasteiger partial charge < -0.3 is 24.1 Å². The van der Waals surface area contributed by atoms with Gasteiger partial charge in [0.15, 0.2) is 12.5 Å². The van der Waals surface area contributed by atoms with Crippen LogP contribution in [0.5, 0.6) is 5.88 Å². The molecule has 37 heavy (non-hydrogen) atoms. The summed E-state index contributed by atoms with van der Waals surface area (Å²) in [6.45, 7) is 2.80. The first-order valence-electron chi connectivity index (χ1n) is 12.8. The quantitative estimate of drug-likeness (QED) is 0.536. The Balaban J connectivity index is 1.23. The smallest absolute Gasteiger partial charge is 0.422 e. The number of halogens is 3. The second kappa shape index (κ2) is 12.3. The highest BCUT2D eigenvalue weighted by molar-refractivity contribution is 5.78. The summed E-state index contributed by atoms with van der Waals surface area (Å²) in [4.78, 5) is 23.1. The number of ether oxygens (including phenoxy) is 2. The predicted molar refractivity (Wildman–Crippen MR) is 129 cm³/mol. The van der Waals surface area contributed by atoms with Crippen LogP contribution in [0.1, 0.15) is 48.6 Å². The second-order valence-corrected chi connectivity index (χ2v) is 9.94. The van der Waals surface area contributed by atoms with Crippen LogP contribution in [0.25, 0.3) is 0 Å². The minimum absolute atomic E-state index is 0.0130. The van der Waals surface area contributed by atoms with E-state index in [1.807, 2.05) is 6.07 Å².